The zero-order valence-corrected chi connectivity index (χ0v) is 26.4. The lowest BCUT2D eigenvalue weighted by Gasteiger charge is -2.38. The van der Waals surface area contributed by atoms with Gasteiger partial charge in [-0.05, 0) is 93.4 Å². The molecule has 0 saturated carbocycles. The second kappa shape index (κ2) is 11.7. The minimum Gasteiger partial charge on any atom is -0.333 e. The van der Waals surface area contributed by atoms with Crippen molar-refractivity contribution in [2.45, 2.75) is 65.8 Å². The molecule has 0 bridgehead atoms. The molecule has 2 aromatic carbocycles. The predicted octanol–water partition coefficient (Wildman–Crippen LogP) is 5.16. The molecule has 2 saturated heterocycles. The maximum absolute atomic E-state index is 15.4. The summed E-state index contributed by atoms with van der Waals surface area (Å²) in [5.74, 6) is -5.72. The number of piperidine rings is 1. The Morgan fingerprint density at radius 3 is 2.51 bits per heavy atom. The van der Waals surface area contributed by atoms with E-state index in [1.54, 1.807) is 12.3 Å². The maximum atomic E-state index is 15.4. The first-order chi connectivity index (χ1) is 21.3. The van der Waals surface area contributed by atoms with E-state index in [9.17, 15) is 14.4 Å². The highest BCUT2D eigenvalue weighted by molar-refractivity contribution is 6.35. The Balaban J connectivity index is 1.06. The molecule has 9 nitrogen and oxygen atoms in total. The molecule has 0 radical (unpaired) electrons. The fourth-order valence-electron chi connectivity index (χ4n) is 6.79. The van der Waals surface area contributed by atoms with Crippen molar-refractivity contribution in [3.05, 3.63) is 76.1 Å². The van der Waals surface area contributed by atoms with Gasteiger partial charge in [-0.25, -0.2) is 13.7 Å². The highest BCUT2D eigenvalue weighted by atomic mass is 19.3. The van der Waals surface area contributed by atoms with Crippen molar-refractivity contribution in [2.24, 2.45) is 11.3 Å². The fraction of sp³-hybridized carbons (Fsp3) is 0.500. The Hall–Kier alpha value is -3.99. The van der Waals surface area contributed by atoms with E-state index in [0.29, 0.717) is 11.1 Å². The molecule has 3 aliphatic rings. The molecule has 0 aliphatic carbocycles. The summed E-state index contributed by atoms with van der Waals surface area (Å²) >= 11 is 0. The Bertz CT molecular complexity index is 1650. The lowest BCUT2D eigenvalue weighted by Crippen LogP contribution is -2.51. The number of likely N-dealkylation sites (tertiary alicyclic amines) is 2. The molecule has 2 fully saturated rings. The number of benzene rings is 2. The molecule has 4 heterocycles. The van der Waals surface area contributed by atoms with E-state index in [-0.39, 0.29) is 36.2 Å². The van der Waals surface area contributed by atoms with Crippen LogP contribution in [0.25, 0.3) is 0 Å². The van der Waals surface area contributed by atoms with Crippen molar-refractivity contribution < 1.29 is 23.2 Å². The minimum atomic E-state index is -3.13. The van der Waals surface area contributed by atoms with E-state index >= 15 is 8.78 Å². The number of carbonyl (C=O) groups excluding carboxylic acids is 3. The van der Waals surface area contributed by atoms with Gasteiger partial charge in [0.2, 0.25) is 0 Å². The first-order valence-electron chi connectivity index (χ1n) is 15.7. The van der Waals surface area contributed by atoms with Crippen LogP contribution < -0.4 is 4.90 Å². The molecule has 45 heavy (non-hydrogen) atoms. The van der Waals surface area contributed by atoms with Crippen LogP contribution >= 0.6 is 0 Å². The normalized spacial score (nSPS) is 21.1. The molecule has 1 atom stereocenters. The summed E-state index contributed by atoms with van der Waals surface area (Å²) in [6.45, 7) is 10.9. The van der Waals surface area contributed by atoms with Gasteiger partial charge in [0.25, 0.3) is 23.6 Å². The number of alkyl halides is 2. The largest absolute Gasteiger partial charge is 0.333 e. The van der Waals surface area contributed by atoms with Gasteiger partial charge in [-0.2, -0.15) is 0 Å². The van der Waals surface area contributed by atoms with Crippen molar-refractivity contribution in [2.75, 3.05) is 37.6 Å². The van der Waals surface area contributed by atoms with E-state index in [4.69, 9.17) is 0 Å². The highest BCUT2D eigenvalue weighted by Crippen LogP contribution is 2.36. The number of rotatable bonds is 8. The number of aromatic nitrogens is 3. The van der Waals surface area contributed by atoms with Gasteiger partial charge < -0.3 is 9.80 Å². The SMILES string of the molecule is Cc1ccc(C)c(N2C(=O)c3ccc(C(=O)N4CCC(Cn5cc(CCCN6CCC(C)(C)C6)nn5)C(F)(F)C4)cc3C2=O)c1. The number of halogens is 2. The van der Waals surface area contributed by atoms with Crippen LogP contribution in [-0.4, -0.2) is 81.2 Å². The molecular formula is C34H40F2N6O3. The van der Waals surface area contributed by atoms with Crippen molar-refractivity contribution in [3.63, 3.8) is 0 Å². The molecular weight excluding hydrogens is 578 g/mol. The monoisotopic (exact) mass is 618 g/mol. The molecule has 1 aromatic heterocycles. The van der Waals surface area contributed by atoms with Crippen LogP contribution in [0.2, 0.25) is 0 Å². The third-order valence-corrected chi connectivity index (χ3v) is 9.43. The maximum Gasteiger partial charge on any atom is 0.269 e. The Labute approximate surface area is 262 Å². The fourth-order valence-corrected chi connectivity index (χ4v) is 6.79. The second-order valence-electron chi connectivity index (χ2n) is 13.7. The topological polar surface area (TPSA) is 91.6 Å². The van der Waals surface area contributed by atoms with Crippen molar-refractivity contribution in [1.29, 1.82) is 0 Å². The Morgan fingerprint density at radius 1 is 1.00 bits per heavy atom. The van der Waals surface area contributed by atoms with Gasteiger partial charge >= 0.3 is 0 Å². The van der Waals surface area contributed by atoms with Gasteiger partial charge in [0.05, 0.1) is 35.6 Å². The van der Waals surface area contributed by atoms with Crippen LogP contribution in [0.4, 0.5) is 14.5 Å². The van der Waals surface area contributed by atoms with Crippen molar-refractivity contribution in [3.8, 4) is 0 Å². The number of amides is 3. The first kappa shape index (κ1) is 31.0. The van der Waals surface area contributed by atoms with Gasteiger partial charge in [-0.1, -0.05) is 31.2 Å². The average molecular weight is 619 g/mol. The van der Waals surface area contributed by atoms with Crippen LogP contribution in [0.3, 0.4) is 0 Å². The third kappa shape index (κ3) is 6.27. The van der Waals surface area contributed by atoms with Crippen LogP contribution in [0, 0.1) is 25.2 Å². The van der Waals surface area contributed by atoms with Crippen LogP contribution in [0.1, 0.15) is 81.0 Å². The predicted molar refractivity (Wildman–Crippen MR) is 166 cm³/mol. The Kier molecular flexibility index (Phi) is 8.09. The first-order valence-corrected chi connectivity index (χ1v) is 15.7. The van der Waals surface area contributed by atoms with E-state index < -0.39 is 36.1 Å². The summed E-state index contributed by atoms with van der Waals surface area (Å²) in [6.07, 6.45) is 4.74. The van der Waals surface area contributed by atoms with Gasteiger partial charge in [0.1, 0.15) is 0 Å². The number of aryl methyl sites for hydroxylation is 3. The smallest absolute Gasteiger partial charge is 0.269 e. The number of anilines is 1. The zero-order chi connectivity index (χ0) is 32.1. The van der Waals surface area contributed by atoms with E-state index in [2.05, 4.69) is 29.1 Å². The number of imide groups is 1. The van der Waals surface area contributed by atoms with Gasteiger partial charge in [-0.3, -0.25) is 19.1 Å². The molecule has 3 aliphatic heterocycles. The van der Waals surface area contributed by atoms with Gasteiger partial charge in [0.15, 0.2) is 0 Å². The van der Waals surface area contributed by atoms with Crippen LogP contribution in [0.5, 0.6) is 0 Å². The summed E-state index contributed by atoms with van der Waals surface area (Å²) in [7, 11) is 0. The van der Waals surface area contributed by atoms with Gasteiger partial charge in [0, 0.05) is 30.8 Å². The minimum absolute atomic E-state index is 0.0199. The molecule has 1 unspecified atom stereocenters. The number of carbonyl (C=O) groups is 3. The summed E-state index contributed by atoms with van der Waals surface area (Å²) in [6, 6.07) is 9.73. The number of nitrogens with zero attached hydrogens (tertiary/aromatic N) is 6. The van der Waals surface area contributed by atoms with E-state index in [1.165, 1.54) is 29.3 Å². The van der Waals surface area contributed by atoms with E-state index in [1.807, 2.05) is 26.0 Å². The molecule has 3 aromatic rings. The molecule has 0 N–H and O–H groups in total. The molecule has 3 amide bonds. The summed E-state index contributed by atoms with van der Waals surface area (Å²) < 4.78 is 32.3. The van der Waals surface area contributed by atoms with Crippen molar-refractivity contribution >= 4 is 23.4 Å². The molecule has 238 valence electrons. The summed E-state index contributed by atoms with van der Waals surface area (Å²) in [4.78, 5) is 44.6. The molecule has 11 heteroatoms. The quantitative estimate of drug-likeness (QED) is 0.324. The zero-order valence-electron chi connectivity index (χ0n) is 26.4. The Morgan fingerprint density at radius 2 is 1.78 bits per heavy atom. The summed E-state index contributed by atoms with van der Waals surface area (Å²) in [5, 5.41) is 8.32. The molecule has 0 spiro atoms. The lowest BCUT2D eigenvalue weighted by molar-refractivity contribution is -0.108. The standard InChI is InChI=1S/C34H40F2N6O3/c1-22-7-8-23(2)29(16-22)42-31(44)27-10-9-24(17-28(27)32(42)45)30(43)40-14-11-25(34(35,36)21-40)18-41-19-26(37-38-41)6-5-13-39-15-12-33(3,4)20-39/h7-10,16-17,19,25H,5-6,11-15,18,20-21H2,1-4H3. The average Bonchev–Trinajstić information content (AvgIpc) is 3.66. The summed E-state index contributed by atoms with van der Waals surface area (Å²) in [5.41, 5.74) is 3.69. The third-order valence-electron chi connectivity index (χ3n) is 9.43. The number of hydrogen-bond acceptors (Lipinski definition) is 6. The highest BCUT2D eigenvalue weighted by Gasteiger charge is 2.46. The molecule has 6 rings (SSSR count). The number of fused-ring (bicyclic) bond motifs is 1. The lowest BCUT2D eigenvalue weighted by atomic mass is 9.92. The van der Waals surface area contributed by atoms with Crippen molar-refractivity contribution in [1.82, 2.24) is 24.8 Å². The van der Waals surface area contributed by atoms with Crippen LogP contribution in [0.15, 0.2) is 42.6 Å². The number of hydrogen-bond donors (Lipinski definition) is 0. The van der Waals surface area contributed by atoms with E-state index in [0.717, 1.165) is 59.1 Å². The van der Waals surface area contributed by atoms with Crippen LogP contribution in [-0.2, 0) is 13.0 Å². The second-order valence-corrected chi connectivity index (χ2v) is 13.7. The van der Waals surface area contributed by atoms with Gasteiger partial charge in [-0.15, -0.1) is 5.10 Å².